The Kier molecular flexibility index (Phi) is 5.26. The highest BCUT2D eigenvalue weighted by molar-refractivity contribution is 6.03. The Balaban J connectivity index is 1.46. The number of hydrogen-bond donors (Lipinski definition) is 1. The number of hydrogen-bond acceptors (Lipinski definition) is 5. The summed E-state index contributed by atoms with van der Waals surface area (Å²) in [6, 6.07) is 19.0. The van der Waals surface area contributed by atoms with Crippen LogP contribution in [0, 0.1) is 20.8 Å². The number of ether oxygens (including phenoxy) is 1. The van der Waals surface area contributed by atoms with Crippen LogP contribution in [0.5, 0.6) is 11.6 Å². The molecule has 2 heterocycles. The minimum Gasteiger partial charge on any atom is -0.439 e. The molecule has 2 aromatic heterocycles. The number of benzene rings is 2. The quantitative estimate of drug-likeness (QED) is 0.529. The average Bonchev–Trinajstić information content (AvgIpc) is 3.13. The Morgan fingerprint density at radius 2 is 1.77 bits per heavy atom. The fraction of sp³-hybridized carbons (Fsp3) is 0.130. The molecule has 0 unspecified atom stereocenters. The van der Waals surface area contributed by atoms with Crippen molar-refractivity contribution in [1.82, 2.24) is 20.0 Å². The topological polar surface area (TPSA) is 81.9 Å². The minimum atomic E-state index is -0.347. The third kappa shape index (κ3) is 4.20. The van der Waals surface area contributed by atoms with Crippen molar-refractivity contribution in [3.8, 4) is 17.3 Å². The molecule has 0 radical (unpaired) electrons. The summed E-state index contributed by atoms with van der Waals surface area (Å²) in [4.78, 5) is 16.9. The third-order valence-corrected chi connectivity index (χ3v) is 4.59. The van der Waals surface area contributed by atoms with Crippen LogP contribution in [0.4, 0.5) is 5.69 Å². The van der Waals surface area contributed by atoms with Crippen LogP contribution in [-0.4, -0.2) is 25.9 Å². The second-order valence-electron chi connectivity index (χ2n) is 7.03. The van der Waals surface area contributed by atoms with E-state index < -0.39 is 0 Å². The summed E-state index contributed by atoms with van der Waals surface area (Å²) in [5.74, 6) is 0.798. The highest BCUT2D eigenvalue weighted by Gasteiger charge is 2.17. The van der Waals surface area contributed by atoms with Gasteiger partial charge in [0.25, 0.3) is 5.91 Å². The van der Waals surface area contributed by atoms with E-state index in [4.69, 9.17) is 4.74 Å². The summed E-state index contributed by atoms with van der Waals surface area (Å²) >= 11 is 0. The third-order valence-electron chi connectivity index (χ3n) is 4.59. The van der Waals surface area contributed by atoms with Gasteiger partial charge in [-0.15, -0.1) is 5.10 Å². The summed E-state index contributed by atoms with van der Waals surface area (Å²) in [6.45, 7) is 5.83. The molecule has 1 amide bonds. The van der Waals surface area contributed by atoms with E-state index in [1.54, 1.807) is 23.0 Å². The molecule has 7 nitrogen and oxygen atoms in total. The van der Waals surface area contributed by atoms with Crippen LogP contribution in [0.3, 0.4) is 0 Å². The predicted octanol–water partition coefficient (Wildman–Crippen LogP) is 4.63. The second kappa shape index (κ2) is 8.16. The number of carbonyl (C=O) groups is 1. The van der Waals surface area contributed by atoms with Crippen molar-refractivity contribution < 1.29 is 9.53 Å². The number of pyridine rings is 1. The van der Waals surface area contributed by atoms with Gasteiger partial charge >= 0.3 is 0 Å². The predicted molar refractivity (Wildman–Crippen MR) is 114 cm³/mol. The Bertz CT molecular complexity index is 1180. The maximum atomic E-state index is 12.7. The lowest BCUT2D eigenvalue weighted by atomic mass is 10.2. The van der Waals surface area contributed by atoms with Gasteiger partial charge in [0.05, 0.1) is 23.3 Å². The van der Waals surface area contributed by atoms with Crippen molar-refractivity contribution in [3.05, 3.63) is 89.4 Å². The van der Waals surface area contributed by atoms with Gasteiger partial charge < -0.3 is 10.1 Å². The van der Waals surface area contributed by atoms with Crippen molar-refractivity contribution in [2.75, 3.05) is 5.32 Å². The lowest BCUT2D eigenvalue weighted by molar-refractivity contribution is 0.102. The van der Waals surface area contributed by atoms with Crippen molar-refractivity contribution in [3.63, 3.8) is 0 Å². The van der Waals surface area contributed by atoms with Gasteiger partial charge in [0, 0.05) is 6.07 Å². The van der Waals surface area contributed by atoms with Gasteiger partial charge in [0.15, 0.2) is 5.69 Å². The first-order valence-electron chi connectivity index (χ1n) is 9.51. The molecule has 7 heteroatoms. The molecule has 0 spiro atoms. The molecular weight excluding hydrogens is 378 g/mol. The van der Waals surface area contributed by atoms with Gasteiger partial charge in [-0.3, -0.25) is 4.79 Å². The monoisotopic (exact) mass is 399 g/mol. The van der Waals surface area contributed by atoms with Crippen LogP contribution >= 0.6 is 0 Å². The van der Waals surface area contributed by atoms with E-state index >= 15 is 0 Å². The summed E-state index contributed by atoms with van der Waals surface area (Å²) in [5, 5.41) is 11.0. The molecule has 4 rings (SSSR count). The summed E-state index contributed by atoms with van der Waals surface area (Å²) in [7, 11) is 0. The molecule has 0 saturated heterocycles. The molecule has 0 aliphatic carbocycles. The van der Waals surface area contributed by atoms with Crippen LogP contribution < -0.4 is 10.1 Å². The van der Waals surface area contributed by atoms with Gasteiger partial charge in [-0.2, -0.15) is 0 Å². The summed E-state index contributed by atoms with van der Waals surface area (Å²) < 4.78 is 7.36. The number of aryl methyl sites for hydroxylation is 2. The van der Waals surface area contributed by atoms with Crippen LogP contribution in [0.1, 0.15) is 27.3 Å². The van der Waals surface area contributed by atoms with Gasteiger partial charge in [0.1, 0.15) is 5.75 Å². The molecule has 150 valence electrons. The normalized spacial score (nSPS) is 10.6. The fourth-order valence-electron chi connectivity index (χ4n) is 2.98. The molecule has 30 heavy (non-hydrogen) atoms. The van der Waals surface area contributed by atoms with Crippen LogP contribution in [-0.2, 0) is 0 Å². The van der Waals surface area contributed by atoms with Crippen molar-refractivity contribution >= 4 is 11.6 Å². The zero-order valence-corrected chi connectivity index (χ0v) is 17.0. The molecule has 0 aliphatic heterocycles. The second-order valence-corrected chi connectivity index (χ2v) is 7.03. The molecule has 1 N–H and O–H groups in total. The van der Waals surface area contributed by atoms with E-state index in [1.807, 2.05) is 69.3 Å². The largest absolute Gasteiger partial charge is 0.439 e. The zero-order chi connectivity index (χ0) is 21.1. The Morgan fingerprint density at radius 3 is 2.47 bits per heavy atom. The number of aromatic nitrogens is 4. The summed E-state index contributed by atoms with van der Waals surface area (Å²) in [5.41, 5.74) is 4.58. The van der Waals surface area contributed by atoms with E-state index in [9.17, 15) is 4.79 Å². The molecule has 0 fully saturated rings. The number of nitrogens with one attached hydrogen (secondary N) is 1. The molecular formula is C23H21N5O2. The van der Waals surface area contributed by atoms with Crippen LogP contribution in [0.2, 0.25) is 0 Å². The first kappa shape index (κ1) is 19.3. The van der Waals surface area contributed by atoms with Crippen LogP contribution in [0.25, 0.3) is 5.69 Å². The number of amides is 1. The maximum Gasteiger partial charge on any atom is 0.278 e. The lowest BCUT2D eigenvalue weighted by Gasteiger charge is -2.07. The van der Waals surface area contributed by atoms with E-state index in [0.717, 1.165) is 16.8 Å². The average molecular weight is 399 g/mol. The Labute approximate surface area is 174 Å². The lowest BCUT2D eigenvalue weighted by Crippen LogP contribution is -2.14. The van der Waals surface area contributed by atoms with Gasteiger partial charge in [-0.25, -0.2) is 9.67 Å². The zero-order valence-electron chi connectivity index (χ0n) is 17.0. The molecule has 0 atom stereocenters. The van der Waals surface area contributed by atoms with E-state index in [0.29, 0.717) is 23.0 Å². The SMILES string of the molecule is Cc1ccc(Oc2ccc(NC(=O)c3nnn(-c4cccc(C)c4)c3C)cn2)cc1. The van der Waals surface area contributed by atoms with E-state index in [1.165, 1.54) is 0 Å². The van der Waals surface area contributed by atoms with Gasteiger partial charge in [-0.1, -0.05) is 35.0 Å². The first-order chi connectivity index (χ1) is 14.5. The summed E-state index contributed by atoms with van der Waals surface area (Å²) in [6.07, 6.45) is 1.54. The first-order valence-corrected chi connectivity index (χ1v) is 9.51. The van der Waals surface area contributed by atoms with Crippen molar-refractivity contribution in [2.24, 2.45) is 0 Å². The fourth-order valence-corrected chi connectivity index (χ4v) is 2.98. The Hall–Kier alpha value is -4.00. The number of anilines is 1. The smallest absolute Gasteiger partial charge is 0.278 e. The number of carbonyl (C=O) groups excluding carboxylic acids is 1. The van der Waals surface area contributed by atoms with Crippen molar-refractivity contribution in [1.29, 1.82) is 0 Å². The molecule has 0 saturated carbocycles. The van der Waals surface area contributed by atoms with Gasteiger partial charge in [-0.05, 0) is 56.7 Å². The highest BCUT2D eigenvalue weighted by Crippen LogP contribution is 2.21. The van der Waals surface area contributed by atoms with Gasteiger partial charge in [0.2, 0.25) is 5.88 Å². The maximum absolute atomic E-state index is 12.7. The minimum absolute atomic E-state index is 0.261. The highest BCUT2D eigenvalue weighted by atomic mass is 16.5. The van der Waals surface area contributed by atoms with Crippen molar-refractivity contribution in [2.45, 2.75) is 20.8 Å². The number of rotatable bonds is 5. The molecule has 0 aliphatic rings. The molecule has 0 bridgehead atoms. The van der Waals surface area contributed by atoms with E-state index in [2.05, 4.69) is 20.6 Å². The standard InChI is InChI=1S/C23H21N5O2/c1-15-7-10-20(11-8-15)30-21-12-9-18(14-24-21)25-23(29)22-17(3)28(27-26-22)19-6-4-5-16(2)13-19/h4-14H,1-3H3,(H,25,29). The molecule has 4 aromatic rings. The van der Waals surface area contributed by atoms with Crippen LogP contribution in [0.15, 0.2) is 66.9 Å². The van der Waals surface area contributed by atoms with E-state index in [-0.39, 0.29) is 11.6 Å². The number of nitrogens with zero attached hydrogens (tertiary/aromatic N) is 4. The molecule has 2 aromatic carbocycles. The Morgan fingerprint density at radius 1 is 0.967 bits per heavy atom.